The van der Waals surface area contributed by atoms with Gasteiger partial charge in [-0.2, -0.15) is 5.10 Å². The lowest BCUT2D eigenvalue weighted by Crippen LogP contribution is -2.44. The molecule has 8 heteroatoms. The minimum Gasteiger partial charge on any atom is -0.304 e. The normalized spacial score (nSPS) is 19.4. The van der Waals surface area contributed by atoms with Gasteiger partial charge in [-0.25, -0.2) is 14.0 Å². The summed E-state index contributed by atoms with van der Waals surface area (Å²) in [6.07, 6.45) is 1.62. The first-order valence-corrected chi connectivity index (χ1v) is 12.5. The van der Waals surface area contributed by atoms with Gasteiger partial charge in [-0.05, 0) is 37.2 Å². The van der Waals surface area contributed by atoms with Crippen molar-refractivity contribution in [3.63, 3.8) is 0 Å². The van der Waals surface area contributed by atoms with Crippen molar-refractivity contribution in [2.24, 2.45) is 0 Å². The molecule has 1 fully saturated rings. The van der Waals surface area contributed by atoms with Crippen LogP contribution >= 0.6 is 23.4 Å². The van der Waals surface area contributed by atoms with Crippen LogP contribution in [0.5, 0.6) is 0 Å². The maximum Gasteiger partial charge on any atom is 0.350 e. The molecule has 1 saturated heterocycles. The van der Waals surface area contributed by atoms with Gasteiger partial charge in [-0.1, -0.05) is 41.9 Å². The van der Waals surface area contributed by atoms with E-state index in [1.54, 1.807) is 21.0 Å². The smallest absolute Gasteiger partial charge is 0.304 e. The summed E-state index contributed by atoms with van der Waals surface area (Å²) in [5.41, 5.74) is 2.05. The number of hydrogen-bond acceptors (Lipinski definition) is 5. The Morgan fingerprint density at radius 3 is 2.62 bits per heavy atom. The minimum atomic E-state index is -0.0590. The third-order valence-corrected chi connectivity index (χ3v) is 7.86. The highest BCUT2D eigenvalue weighted by Gasteiger charge is 2.27. The Labute approximate surface area is 197 Å². The first-order chi connectivity index (χ1) is 15.6. The van der Waals surface area contributed by atoms with Crippen molar-refractivity contribution in [2.75, 3.05) is 39.8 Å². The monoisotopic (exact) mass is 469 g/mol. The zero-order chi connectivity index (χ0) is 22.1. The van der Waals surface area contributed by atoms with Gasteiger partial charge in [0.1, 0.15) is 5.82 Å². The van der Waals surface area contributed by atoms with E-state index >= 15 is 0 Å². The van der Waals surface area contributed by atoms with Crippen LogP contribution in [0.2, 0.25) is 5.02 Å². The number of piperazine rings is 1. The predicted octanol–water partition coefficient (Wildman–Crippen LogP) is 3.71. The summed E-state index contributed by atoms with van der Waals surface area (Å²) in [4.78, 5) is 19.2. The number of benzene rings is 2. The second-order valence-corrected chi connectivity index (χ2v) is 10.3. The van der Waals surface area contributed by atoms with E-state index in [0.29, 0.717) is 18.0 Å². The Morgan fingerprint density at radius 1 is 1.06 bits per heavy atom. The Hall–Kier alpha value is -2.06. The van der Waals surface area contributed by atoms with Gasteiger partial charge in [-0.3, -0.25) is 0 Å². The van der Waals surface area contributed by atoms with E-state index in [1.165, 1.54) is 5.56 Å². The highest BCUT2D eigenvalue weighted by atomic mass is 35.5. The fourth-order valence-electron chi connectivity index (χ4n) is 4.47. The molecule has 5 rings (SSSR count). The van der Waals surface area contributed by atoms with Crippen LogP contribution in [-0.2, 0) is 13.0 Å². The van der Waals surface area contributed by atoms with E-state index in [1.807, 2.05) is 24.3 Å². The van der Waals surface area contributed by atoms with Crippen LogP contribution < -0.4 is 5.69 Å². The Bertz CT molecular complexity index is 1140. The number of fused-ring (bicyclic) bond motifs is 3. The lowest BCUT2D eigenvalue weighted by atomic mass is 10.1. The number of hydrogen-bond donors (Lipinski definition) is 0. The highest BCUT2D eigenvalue weighted by Crippen LogP contribution is 2.43. The molecule has 2 aromatic carbocycles. The molecule has 6 nitrogen and oxygen atoms in total. The molecule has 2 aliphatic rings. The first-order valence-electron chi connectivity index (χ1n) is 11.2. The van der Waals surface area contributed by atoms with E-state index in [-0.39, 0.29) is 10.9 Å². The molecular weight excluding hydrogens is 442 g/mol. The standard InChI is InChI=1S/C24H28ClN5OS/c1-27-12-14-28(15-13-27)10-5-11-29-24(31)30-20-9-8-19(25)16-22(20)32-21(17-23(30)26-29)18-6-3-2-4-7-18/h2-4,6-9,16,21H,5,10-15,17H2,1H3. The van der Waals surface area contributed by atoms with Gasteiger partial charge in [0.2, 0.25) is 0 Å². The van der Waals surface area contributed by atoms with Crippen LogP contribution in [0.1, 0.15) is 23.1 Å². The van der Waals surface area contributed by atoms with E-state index in [0.717, 1.165) is 55.6 Å². The second kappa shape index (κ2) is 9.43. The Balaban J connectivity index is 1.42. The largest absolute Gasteiger partial charge is 0.350 e. The average molecular weight is 470 g/mol. The van der Waals surface area contributed by atoms with Crippen molar-refractivity contribution in [1.82, 2.24) is 24.1 Å². The molecule has 1 aromatic heterocycles. The maximum absolute atomic E-state index is 13.4. The number of nitrogens with zero attached hydrogens (tertiary/aromatic N) is 5. The van der Waals surface area contributed by atoms with E-state index < -0.39 is 0 Å². The van der Waals surface area contributed by atoms with Crippen LogP contribution in [0.25, 0.3) is 5.69 Å². The highest BCUT2D eigenvalue weighted by molar-refractivity contribution is 7.99. The molecule has 2 aliphatic heterocycles. The van der Waals surface area contributed by atoms with Gasteiger partial charge >= 0.3 is 5.69 Å². The predicted molar refractivity (Wildman–Crippen MR) is 130 cm³/mol. The number of aromatic nitrogens is 3. The van der Waals surface area contributed by atoms with Crippen LogP contribution in [0, 0.1) is 0 Å². The second-order valence-electron chi connectivity index (χ2n) is 8.59. The summed E-state index contributed by atoms with van der Waals surface area (Å²) >= 11 is 8.07. The lowest BCUT2D eigenvalue weighted by molar-refractivity contribution is 0.150. The molecule has 0 N–H and O–H groups in total. The summed E-state index contributed by atoms with van der Waals surface area (Å²) in [5, 5.41) is 5.65. The van der Waals surface area contributed by atoms with E-state index in [9.17, 15) is 4.79 Å². The Kier molecular flexibility index (Phi) is 6.42. The summed E-state index contributed by atoms with van der Waals surface area (Å²) in [5.74, 6) is 0.817. The fourth-order valence-corrected chi connectivity index (χ4v) is 6.01. The molecule has 0 aliphatic carbocycles. The molecule has 0 bridgehead atoms. The van der Waals surface area contributed by atoms with Gasteiger partial charge in [0.05, 0.1) is 5.69 Å². The lowest BCUT2D eigenvalue weighted by Gasteiger charge is -2.32. The SMILES string of the molecule is CN1CCN(CCCn2nc3n(c2=O)-c2ccc(Cl)cc2SC(c2ccccc2)C3)CC1. The first kappa shape index (κ1) is 21.8. The van der Waals surface area contributed by atoms with Crippen LogP contribution in [0.3, 0.4) is 0 Å². The van der Waals surface area contributed by atoms with E-state index in [4.69, 9.17) is 16.7 Å². The van der Waals surface area contributed by atoms with Crippen molar-refractivity contribution in [2.45, 2.75) is 29.5 Å². The Morgan fingerprint density at radius 2 is 1.84 bits per heavy atom. The molecule has 0 radical (unpaired) electrons. The summed E-state index contributed by atoms with van der Waals surface area (Å²) in [6.45, 7) is 6.03. The number of thioether (sulfide) groups is 1. The number of halogens is 1. The molecule has 0 amide bonds. The quantitative estimate of drug-likeness (QED) is 0.570. The third kappa shape index (κ3) is 4.53. The molecular formula is C24H28ClN5OS. The van der Waals surface area contributed by atoms with Crippen molar-refractivity contribution in [3.8, 4) is 5.69 Å². The summed E-state index contributed by atoms with van der Waals surface area (Å²) in [6, 6.07) is 16.2. The van der Waals surface area contributed by atoms with E-state index in [2.05, 4.69) is 41.1 Å². The molecule has 3 heterocycles. The van der Waals surface area contributed by atoms with Gasteiger partial charge < -0.3 is 9.80 Å². The third-order valence-electron chi connectivity index (χ3n) is 6.32. The topological polar surface area (TPSA) is 46.3 Å². The number of aryl methyl sites for hydroxylation is 1. The zero-order valence-corrected chi connectivity index (χ0v) is 19.9. The van der Waals surface area contributed by atoms with Crippen molar-refractivity contribution >= 4 is 23.4 Å². The van der Waals surface area contributed by atoms with Crippen molar-refractivity contribution in [3.05, 3.63) is 75.4 Å². The summed E-state index contributed by atoms with van der Waals surface area (Å²) in [7, 11) is 2.17. The van der Waals surface area contributed by atoms with Crippen LogP contribution in [0.15, 0.2) is 58.2 Å². The number of likely N-dealkylation sites (N-methyl/N-ethyl adjacent to an activating group) is 1. The van der Waals surface area contributed by atoms with Gasteiger partial charge in [-0.15, -0.1) is 11.8 Å². The minimum absolute atomic E-state index is 0.0590. The fraction of sp³-hybridized carbons (Fsp3) is 0.417. The molecule has 0 saturated carbocycles. The van der Waals surface area contributed by atoms with Gasteiger partial charge in [0.15, 0.2) is 0 Å². The summed E-state index contributed by atoms with van der Waals surface area (Å²) < 4.78 is 3.44. The molecule has 0 spiro atoms. The molecule has 1 unspecified atom stereocenters. The number of rotatable bonds is 5. The molecule has 1 atom stereocenters. The van der Waals surface area contributed by atoms with Crippen molar-refractivity contribution in [1.29, 1.82) is 0 Å². The van der Waals surface area contributed by atoms with Crippen LogP contribution in [-0.4, -0.2) is 63.9 Å². The van der Waals surface area contributed by atoms with Crippen LogP contribution in [0.4, 0.5) is 0 Å². The molecule has 32 heavy (non-hydrogen) atoms. The van der Waals surface area contributed by atoms with Gasteiger partial charge in [0.25, 0.3) is 0 Å². The molecule has 3 aromatic rings. The maximum atomic E-state index is 13.4. The average Bonchev–Trinajstić information content (AvgIpc) is 3.00. The van der Waals surface area contributed by atoms with Gasteiger partial charge in [0, 0.05) is 60.9 Å². The zero-order valence-electron chi connectivity index (χ0n) is 18.3. The molecule has 168 valence electrons. The van der Waals surface area contributed by atoms with Crippen molar-refractivity contribution < 1.29 is 0 Å².